The second-order valence-electron chi connectivity index (χ2n) is 4.91. The molecular formula is C16H12BrFO2. The van der Waals surface area contributed by atoms with E-state index >= 15 is 0 Å². The van der Waals surface area contributed by atoms with E-state index in [1.54, 1.807) is 18.2 Å². The Hall–Kier alpha value is -1.68. The molecule has 1 aliphatic rings. The molecule has 0 aliphatic carbocycles. The van der Waals surface area contributed by atoms with E-state index in [9.17, 15) is 9.18 Å². The standard InChI is InChI=1S/C16H12BrFO2/c1-9-2-5-15-11(6-9)14(19)8-16(20-15)10-3-4-12(17)13(18)7-10/h2-7,16H,8H2,1H3. The Kier molecular flexibility index (Phi) is 3.34. The van der Waals surface area contributed by atoms with Crippen LogP contribution in [-0.4, -0.2) is 5.78 Å². The maximum Gasteiger partial charge on any atom is 0.170 e. The van der Waals surface area contributed by atoms with E-state index in [4.69, 9.17) is 4.74 Å². The van der Waals surface area contributed by atoms with Crippen LogP contribution in [0.1, 0.15) is 34.0 Å². The zero-order valence-corrected chi connectivity index (χ0v) is 12.4. The third kappa shape index (κ3) is 2.36. The van der Waals surface area contributed by atoms with E-state index in [1.165, 1.54) is 6.07 Å². The summed E-state index contributed by atoms with van der Waals surface area (Å²) in [6.07, 6.45) is -0.197. The van der Waals surface area contributed by atoms with Crippen molar-refractivity contribution in [3.05, 3.63) is 63.4 Å². The molecule has 1 unspecified atom stereocenters. The van der Waals surface area contributed by atoms with Crippen molar-refractivity contribution in [2.75, 3.05) is 0 Å². The predicted molar refractivity (Wildman–Crippen MR) is 77.6 cm³/mol. The van der Waals surface area contributed by atoms with Gasteiger partial charge in [0.25, 0.3) is 0 Å². The Morgan fingerprint density at radius 2 is 2.05 bits per heavy atom. The third-order valence-corrected chi connectivity index (χ3v) is 4.03. The first-order valence-electron chi connectivity index (χ1n) is 6.30. The lowest BCUT2D eigenvalue weighted by Crippen LogP contribution is -2.20. The van der Waals surface area contributed by atoms with Crippen LogP contribution < -0.4 is 4.74 Å². The van der Waals surface area contributed by atoms with Gasteiger partial charge in [-0.25, -0.2) is 4.39 Å². The largest absolute Gasteiger partial charge is 0.484 e. The highest BCUT2D eigenvalue weighted by molar-refractivity contribution is 9.10. The lowest BCUT2D eigenvalue weighted by atomic mass is 9.95. The van der Waals surface area contributed by atoms with Crippen molar-refractivity contribution in [3.63, 3.8) is 0 Å². The summed E-state index contributed by atoms with van der Waals surface area (Å²) < 4.78 is 19.8. The minimum absolute atomic E-state index is 0.0308. The van der Waals surface area contributed by atoms with Crippen molar-refractivity contribution in [2.24, 2.45) is 0 Å². The molecule has 0 saturated carbocycles. The minimum atomic E-state index is -0.430. The molecule has 2 aromatic rings. The van der Waals surface area contributed by atoms with Gasteiger partial charge in [-0.2, -0.15) is 0 Å². The highest BCUT2D eigenvalue weighted by atomic mass is 79.9. The van der Waals surface area contributed by atoms with Gasteiger partial charge in [0.05, 0.1) is 16.5 Å². The molecule has 0 aromatic heterocycles. The van der Waals surface area contributed by atoms with Crippen LogP contribution in [-0.2, 0) is 0 Å². The number of ether oxygens (including phenoxy) is 1. The number of benzene rings is 2. The topological polar surface area (TPSA) is 26.3 Å². The number of ketones is 1. The monoisotopic (exact) mass is 334 g/mol. The molecule has 0 saturated heterocycles. The zero-order valence-electron chi connectivity index (χ0n) is 10.8. The van der Waals surface area contributed by atoms with Crippen LogP contribution in [0.5, 0.6) is 5.75 Å². The Labute approximate surface area is 124 Å². The van der Waals surface area contributed by atoms with Gasteiger partial charge in [0.2, 0.25) is 0 Å². The molecule has 2 aromatic carbocycles. The van der Waals surface area contributed by atoms with Crippen molar-refractivity contribution in [1.29, 1.82) is 0 Å². The smallest absolute Gasteiger partial charge is 0.170 e. The fraction of sp³-hybridized carbons (Fsp3) is 0.188. The molecule has 0 amide bonds. The number of aryl methyl sites for hydroxylation is 1. The summed E-state index contributed by atoms with van der Waals surface area (Å²) in [5, 5.41) is 0. The van der Waals surface area contributed by atoms with Crippen LogP contribution in [0.3, 0.4) is 0 Å². The fourth-order valence-electron chi connectivity index (χ4n) is 2.34. The molecule has 0 radical (unpaired) electrons. The Morgan fingerprint density at radius 3 is 2.80 bits per heavy atom. The molecule has 0 spiro atoms. The number of hydrogen-bond acceptors (Lipinski definition) is 2. The molecule has 1 atom stereocenters. The zero-order chi connectivity index (χ0) is 14.3. The summed E-state index contributed by atoms with van der Waals surface area (Å²) in [7, 11) is 0. The van der Waals surface area contributed by atoms with Crippen LogP contribution in [0.25, 0.3) is 0 Å². The lowest BCUT2D eigenvalue weighted by Gasteiger charge is -2.25. The average molecular weight is 335 g/mol. The van der Waals surface area contributed by atoms with Gasteiger partial charge in [-0.1, -0.05) is 17.7 Å². The second-order valence-corrected chi connectivity index (χ2v) is 5.76. The van der Waals surface area contributed by atoms with E-state index < -0.39 is 6.10 Å². The molecule has 1 heterocycles. The summed E-state index contributed by atoms with van der Waals surface area (Å²) in [5.74, 6) is 0.247. The van der Waals surface area contributed by atoms with Gasteiger partial charge >= 0.3 is 0 Å². The fourth-order valence-corrected chi connectivity index (χ4v) is 2.58. The Bertz CT molecular complexity index is 697. The molecular weight excluding hydrogens is 323 g/mol. The molecule has 20 heavy (non-hydrogen) atoms. The van der Waals surface area contributed by atoms with Crippen molar-refractivity contribution >= 4 is 21.7 Å². The molecule has 1 aliphatic heterocycles. The molecule has 0 fully saturated rings. The maximum atomic E-state index is 13.6. The van der Waals surface area contributed by atoms with E-state index in [-0.39, 0.29) is 18.0 Å². The second kappa shape index (κ2) is 5.02. The first kappa shape index (κ1) is 13.3. The summed E-state index contributed by atoms with van der Waals surface area (Å²) in [6.45, 7) is 1.93. The van der Waals surface area contributed by atoms with Gasteiger partial charge in [0.1, 0.15) is 17.7 Å². The third-order valence-electron chi connectivity index (χ3n) is 3.39. The number of fused-ring (bicyclic) bond motifs is 1. The Balaban J connectivity index is 1.97. The summed E-state index contributed by atoms with van der Waals surface area (Å²) in [5.41, 5.74) is 2.30. The van der Waals surface area contributed by atoms with Crippen LogP contribution in [0.15, 0.2) is 40.9 Å². The minimum Gasteiger partial charge on any atom is -0.484 e. The van der Waals surface area contributed by atoms with Crippen molar-refractivity contribution in [2.45, 2.75) is 19.4 Å². The quantitative estimate of drug-likeness (QED) is 0.761. The molecule has 0 N–H and O–H groups in total. The number of carbonyl (C=O) groups excluding carboxylic acids is 1. The van der Waals surface area contributed by atoms with Crippen molar-refractivity contribution in [3.8, 4) is 5.75 Å². The van der Waals surface area contributed by atoms with Gasteiger partial charge in [-0.15, -0.1) is 0 Å². The predicted octanol–water partition coefficient (Wildman–Crippen LogP) is 4.60. The van der Waals surface area contributed by atoms with Gasteiger partial charge < -0.3 is 4.74 Å². The summed E-state index contributed by atoms with van der Waals surface area (Å²) in [4.78, 5) is 12.2. The van der Waals surface area contributed by atoms with Gasteiger partial charge in [0, 0.05) is 0 Å². The number of carbonyl (C=O) groups is 1. The van der Waals surface area contributed by atoms with E-state index in [0.29, 0.717) is 21.3 Å². The summed E-state index contributed by atoms with van der Waals surface area (Å²) >= 11 is 3.12. The van der Waals surface area contributed by atoms with Crippen LogP contribution >= 0.6 is 15.9 Å². The first-order chi connectivity index (χ1) is 9.54. The average Bonchev–Trinajstić information content (AvgIpc) is 2.42. The van der Waals surface area contributed by atoms with Crippen LogP contribution in [0.2, 0.25) is 0 Å². The van der Waals surface area contributed by atoms with Crippen molar-refractivity contribution in [1.82, 2.24) is 0 Å². The van der Waals surface area contributed by atoms with Crippen LogP contribution in [0.4, 0.5) is 4.39 Å². The van der Waals surface area contributed by atoms with E-state index in [1.807, 2.05) is 19.1 Å². The van der Waals surface area contributed by atoms with Gasteiger partial charge in [-0.05, 0) is 52.7 Å². The maximum absolute atomic E-state index is 13.6. The van der Waals surface area contributed by atoms with E-state index in [0.717, 1.165) is 5.56 Å². The highest BCUT2D eigenvalue weighted by Gasteiger charge is 2.28. The van der Waals surface area contributed by atoms with Gasteiger partial charge in [-0.3, -0.25) is 4.79 Å². The number of rotatable bonds is 1. The molecule has 0 bridgehead atoms. The normalized spacial score (nSPS) is 17.6. The van der Waals surface area contributed by atoms with Crippen LogP contribution in [0, 0.1) is 12.7 Å². The SMILES string of the molecule is Cc1ccc2c(c1)C(=O)CC(c1ccc(Br)c(F)c1)O2. The first-order valence-corrected chi connectivity index (χ1v) is 7.09. The number of Topliss-reactive ketones (excluding diaryl/α,β-unsaturated/α-hetero) is 1. The number of halogens is 2. The highest BCUT2D eigenvalue weighted by Crippen LogP contribution is 2.36. The summed E-state index contributed by atoms with van der Waals surface area (Å²) in [6, 6.07) is 10.3. The van der Waals surface area contributed by atoms with Gasteiger partial charge in [0.15, 0.2) is 5.78 Å². The van der Waals surface area contributed by atoms with E-state index in [2.05, 4.69) is 15.9 Å². The Morgan fingerprint density at radius 1 is 1.25 bits per heavy atom. The molecule has 102 valence electrons. The molecule has 2 nitrogen and oxygen atoms in total. The molecule has 3 rings (SSSR count). The molecule has 4 heteroatoms. The van der Waals surface area contributed by atoms with Crippen molar-refractivity contribution < 1.29 is 13.9 Å². The number of hydrogen-bond donors (Lipinski definition) is 0. The lowest BCUT2D eigenvalue weighted by molar-refractivity contribution is 0.0849.